The zero-order chi connectivity index (χ0) is 13.9. The molecule has 3 N–H and O–H groups in total. The number of methoxy groups -OCH3 is 1. The minimum Gasteiger partial charge on any atom is -0.468 e. The first-order valence-electron chi connectivity index (χ1n) is 6.88. The van der Waals surface area contributed by atoms with Gasteiger partial charge in [-0.1, -0.05) is 0 Å². The molecular formula is C13H23N3O3. The molecule has 6 heteroatoms. The van der Waals surface area contributed by atoms with Crippen molar-refractivity contribution in [3.63, 3.8) is 0 Å². The van der Waals surface area contributed by atoms with Crippen LogP contribution in [-0.2, 0) is 14.3 Å². The molecule has 0 aliphatic carbocycles. The standard InChI is InChI=1S/C13H23N3O3/c1-14-10(12(18)19-2)7-9-8-13(16-11(9)17)3-5-15-6-4-13/h9-10,14-15H,3-8H2,1-2H3,(H,16,17). The Labute approximate surface area is 113 Å². The molecule has 0 aromatic rings. The molecule has 2 unspecified atom stereocenters. The first-order chi connectivity index (χ1) is 9.10. The van der Waals surface area contributed by atoms with Crippen molar-refractivity contribution in [2.24, 2.45) is 5.92 Å². The fourth-order valence-electron chi connectivity index (χ4n) is 3.16. The molecule has 0 radical (unpaired) electrons. The summed E-state index contributed by atoms with van der Waals surface area (Å²) in [6, 6.07) is -0.405. The lowest BCUT2D eigenvalue weighted by molar-refractivity contribution is -0.143. The first kappa shape index (κ1) is 14.3. The highest BCUT2D eigenvalue weighted by atomic mass is 16.5. The number of carbonyl (C=O) groups excluding carboxylic acids is 2. The molecule has 0 aromatic carbocycles. The number of rotatable bonds is 4. The molecule has 1 spiro atoms. The fraction of sp³-hybridized carbons (Fsp3) is 0.846. The van der Waals surface area contributed by atoms with E-state index in [9.17, 15) is 9.59 Å². The normalized spacial score (nSPS) is 27.1. The fourth-order valence-corrected chi connectivity index (χ4v) is 3.16. The van der Waals surface area contributed by atoms with Crippen molar-refractivity contribution >= 4 is 11.9 Å². The van der Waals surface area contributed by atoms with Gasteiger partial charge < -0.3 is 20.7 Å². The Morgan fingerprint density at radius 2 is 2.21 bits per heavy atom. The van der Waals surface area contributed by atoms with E-state index >= 15 is 0 Å². The van der Waals surface area contributed by atoms with E-state index in [1.165, 1.54) is 7.11 Å². The highest BCUT2D eigenvalue weighted by molar-refractivity contribution is 5.84. The summed E-state index contributed by atoms with van der Waals surface area (Å²) in [5, 5.41) is 9.38. The zero-order valence-electron chi connectivity index (χ0n) is 11.6. The van der Waals surface area contributed by atoms with Crippen molar-refractivity contribution in [2.45, 2.75) is 37.3 Å². The maximum Gasteiger partial charge on any atom is 0.322 e. The Hall–Kier alpha value is -1.14. The molecule has 0 aromatic heterocycles. The number of amides is 1. The van der Waals surface area contributed by atoms with Gasteiger partial charge in [0.15, 0.2) is 0 Å². The highest BCUT2D eigenvalue weighted by Crippen LogP contribution is 2.34. The molecule has 2 saturated heterocycles. The summed E-state index contributed by atoms with van der Waals surface area (Å²) in [6.45, 7) is 1.89. The van der Waals surface area contributed by atoms with Gasteiger partial charge in [0, 0.05) is 11.5 Å². The molecule has 2 rings (SSSR count). The lowest BCUT2D eigenvalue weighted by Crippen LogP contribution is -2.49. The monoisotopic (exact) mass is 269 g/mol. The minimum absolute atomic E-state index is 0.0542. The summed E-state index contributed by atoms with van der Waals surface area (Å²) < 4.78 is 4.74. The Morgan fingerprint density at radius 3 is 2.79 bits per heavy atom. The topological polar surface area (TPSA) is 79.5 Å². The third kappa shape index (κ3) is 3.06. The smallest absolute Gasteiger partial charge is 0.322 e. The second kappa shape index (κ2) is 5.88. The number of carbonyl (C=O) groups is 2. The second-order valence-corrected chi connectivity index (χ2v) is 5.52. The summed E-state index contributed by atoms with van der Waals surface area (Å²) in [4.78, 5) is 23.7. The van der Waals surface area contributed by atoms with Crippen LogP contribution < -0.4 is 16.0 Å². The van der Waals surface area contributed by atoms with Gasteiger partial charge in [-0.3, -0.25) is 9.59 Å². The van der Waals surface area contributed by atoms with E-state index in [2.05, 4.69) is 16.0 Å². The van der Waals surface area contributed by atoms with Crippen LogP contribution in [0, 0.1) is 5.92 Å². The Balaban J connectivity index is 1.97. The van der Waals surface area contributed by atoms with Crippen LogP contribution in [0.1, 0.15) is 25.7 Å². The molecule has 2 aliphatic heterocycles. The van der Waals surface area contributed by atoms with Crippen molar-refractivity contribution in [3.05, 3.63) is 0 Å². The van der Waals surface area contributed by atoms with Crippen LogP contribution in [0.3, 0.4) is 0 Å². The predicted molar refractivity (Wildman–Crippen MR) is 70.6 cm³/mol. The average molecular weight is 269 g/mol. The lowest BCUT2D eigenvalue weighted by Gasteiger charge is -2.33. The molecule has 2 aliphatic rings. The van der Waals surface area contributed by atoms with Gasteiger partial charge in [-0.05, 0) is 45.8 Å². The van der Waals surface area contributed by atoms with E-state index in [-0.39, 0.29) is 23.3 Å². The van der Waals surface area contributed by atoms with Crippen LogP contribution >= 0.6 is 0 Å². The maximum atomic E-state index is 12.1. The van der Waals surface area contributed by atoms with Gasteiger partial charge in [-0.2, -0.15) is 0 Å². The summed E-state index contributed by atoms with van der Waals surface area (Å²) in [5.74, 6) is -0.331. The number of piperidine rings is 1. The van der Waals surface area contributed by atoms with E-state index < -0.39 is 6.04 Å². The van der Waals surface area contributed by atoms with Crippen molar-refractivity contribution in [3.8, 4) is 0 Å². The third-order valence-electron chi connectivity index (χ3n) is 4.31. The van der Waals surface area contributed by atoms with E-state index in [1.54, 1.807) is 7.05 Å². The second-order valence-electron chi connectivity index (χ2n) is 5.52. The van der Waals surface area contributed by atoms with Crippen molar-refractivity contribution in [2.75, 3.05) is 27.2 Å². The quantitative estimate of drug-likeness (QED) is 0.594. The summed E-state index contributed by atoms with van der Waals surface area (Å²) in [5.41, 5.74) is -0.0542. The number of nitrogens with one attached hydrogen (secondary N) is 3. The first-order valence-corrected chi connectivity index (χ1v) is 6.88. The molecule has 108 valence electrons. The molecule has 0 saturated carbocycles. The van der Waals surface area contributed by atoms with Crippen LogP contribution in [0.25, 0.3) is 0 Å². The highest BCUT2D eigenvalue weighted by Gasteiger charge is 2.45. The molecule has 1 amide bonds. The van der Waals surface area contributed by atoms with Crippen LogP contribution in [-0.4, -0.2) is 50.7 Å². The molecular weight excluding hydrogens is 246 g/mol. The SMILES string of the molecule is CNC(CC1CC2(CCNCC2)NC1=O)C(=O)OC. The molecule has 2 fully saturated rings. The number of hydrogen-bond acceptors (Lipinski definition) is 5. The Bertz CT molecular complexity index is 353. The van der Waals surface area contributed by atoms with Gasteiger partial charge in [-0.25, -0.2) is 0 Å². The largest absolute Gasteiger partial charge is 0.468 e. The van der Waals surface area contributed by atoms with Gasteiger partial charge in [0.2, 0.25) is 5.91 Å². The summed E-state index contributed by atoms with van der Waals surface area (Å²) in [7, 11) is 3.09. The van der Waals surface area contributed by atoms with Crippen molar-refractivity contribution < 1.29 is 14.3 Å². The van der Waals surface area contributed by atoms with Gasteiger partial charge in [-0.15, -0.1) is 0 Å². The van der Waals surface area contributed by atoms with Crippen molar-refractivity contribution in [1.29, 1.82) is 0 Å². The number of ether oxygens (including phenoxy) is 1. The van der Waals surface area contributed by atoms with Crippen molar-refractivity contribution in [1.82, 2.24) is 16.0 Å². The van der Waals surface area contributed by atoms with Gasteiger partial charge in [0.05, 0.1) is 7.11 Å². The number of hydrogen-bond donors (Lipinski definition) is 3. The van der Waals surface area contributed by atoms with E-state index in [0.717, 1.165) is 32.4 Å². The minimum atomic E-state index is -0.405. The lowest BCUT2D eigenvalue weighted by atomic mass is 9.83. The number of esters is 1. The zero-order valence-corrected chi connectivity index (χ0v) is 11.6. The summed E-state index contributed by atoms with van der Waals surface area (Å²) in [6.07, 6.45) is 3.27. The van der Waals surface area contributed by atoms with Crippen LogP contribution in [0.15, 0.2) is 0 Å². The maximum absolute atomic E-state index is 12.1. The molecule has 2 atom stereocenters. The van der Waals surface area contributed by atoms with Gasteiger partial charge >= 0.3 is 5.97 Å². The van der Waals surface area contributed by atoms with Gasteiger partial charge in [0.25, 0.3) is 0 Å². The third-order valence-corrected chi connectivity index (χ3v) is 4.31. The van der Waals surface area contributed by atoms with Crippen LogP contribution in [0.5, 0.6) is 0 Å². The Morgan fingerprint density at radius 1 is 1.53 bits per heavy atom. The number of likely N-dealkylation sites (N-methyl/N-ethyl adjacent to an activating group) is 1. The Kier molecular flexibility index (Phi) is 4.42. The molecule has 0 bridgehead atoms. The van der Waals surface area contributed by atoms with E-state index in [1.807, 2.05) is 0 Å². The molecule has 2 heterocycles. The average Bonchev–Trinajstić information content (AvgIpc) is 2.71. The summed E-state index contributed by atoms with van der Waals surface area (Å²) >= 11 is 0. The predicted octanol–water partition coefficient (Wildman–Crippen LogP) is -0.604. The van der Waals surface area contributed by atoms with E-state index in [4.69, 9.17) is 4.74 Å². The molecule has 19 heavy (non-hydrogen) atoms. The van der Waals surface area contributed by atoms with Crippen LogP contribution in [0.4, 0.5) is 0 Å². The molecule has 6 nitrogen and oxygen atoms in total. The van der Waals surface area contributed by atoms with E-state index in [0.29, 0.717) is 6.42 Å². The van der Waals surface area contributed by atoms with Gasteiger partial charge in [0.1, 0.15) is 6.04 Å². The van der Waals surface area contributed by atoms with Crippen LogP contribution in [0.2, 0.25) is 0 Å².